The number of fused-ring (bicyclic) bond motifs is 1. The Kier molecular flexibility index (Phi) is 2.65. The first-order valence-corrected chi connectivity index (χ1v) is 6.10. The SMILES string of the molecule is [C-]#[N+]C1=C[C@]2(C)C[C@H](F)CC[C@H]2C(C)(C)C1=O. The summed E-state index contributed by atoms with van der Waals surface area (Å²) in [4.78, 5) is 15.5. The second kappa shape index (κ2) is 3.66. The van der Waals surface area contributed by atoms with E-state index in [2.05, 4.69) is 4.85 Å². The van der Waals surface area contributed by atoms with E-state index in [1.807, 2.05) is 20.8 Å². The van der Waals surface area contributed by atoms with Gasteiger partial charge in [0.25, 0.3) is 0 Å². The fourth-order valence-electron chi connectivity index (χ4n) is 3.69. The summed E-state index contributed by atoms with van der Waals surface area (Å²) >= 11 is 0. The summed E-state index contributed by atoms with van der Waals surface area (Å²) in [5.74, 6) is 0.0762. The van der Waals surface area contributed by atoms with E-state index in [-0.39, 0.29) is 22.8 Å². The normalized spacial score (nSPS) is 40.2. The predicted molar refractivity (Wildman–Crippen MR) is 63.8 cm³/mol. The fraction of sp³-hybridized carbons (Fsp3) is 0.714. The minimum Gasteiger partial charge on any atom is -0.307 e. The number of nitrogens with zero attached hydrogens (tertiary/aromatic N) is 1. The average molecular weight is 235 g/mol. The van der Waals surface area contributed by atoms with E-state index in [0.717, 1.165) is 6.42 Å². The van der Waals surface area contributed by atoms with Crippen LogP contribution in [0.1, 0.15) is 40.0 Å². The lowest BCUT2D eigenvalue weighted by Crippen LogP contribution is -2.49. The number of hydrogen-bond acceptors (Lipinski definition) is 1. The van der Waals surface area contributed by atoms with Crippen LogP contribution in [0.4, 0.5) is 4.39 Å². The fourth-order valence-corrected chi connectivity index (χ4v) is 3.69. The minimum atomic E-state index is -0.802. The van der Waals surface area contributed by atoms with Crippen molar-refractivity contribution in [1.29, 1.82) is 0 Å². The molecule has 2 aliphatic carbocycles. The number of hydrogen-bond donors (Lipinski definition) is 0. The van der Waals surface area contributed by atoms with Crippen LogP contribution in [0.25, 0.3) is 4.85 Å². The first-order chi connectivity index (χ1) is 7.81. The number of rotatable bonds is 0. The quantitative estimate of drug-likeness (QED) is 0.588. The molecule has 3 heteroatoms. The Morgan fingerprint density at radius 2 is 2.06 bits per heavy atom. The summed E-state index contributed by atoms with van der Waals surface area (Å²) in [7, 11) is 0. The third kappa shape index (κ3) is 1.71. The van der Waals surface area contributed by atoms with Crippen molar-refractivity contribution in [2.45, 2.75) is 46.2 Å². The van der Waals surface area contributed by atoms with E-state index in [0.29, 0.717) is 12.8 Å². The zero-order valence-electron chi connectivity index (χ0n) is 10.6. The molecule has 2 nitrogen and oxygen atoms in total. The molecule has 17 heavy (non-hydrogen) atoms. The van der Waals surface area contributed by atoms with E-state index < -0.39 is 11.6 Å². The van der Waals surface area contributed by atoms with E-state index in [9.17, 15) is 9.18 Å². The second-order valence-electron chi connectivity index (χ2n) is 6.13. The molecule has 0 spiro atoms. The minimum absolute atomic E-state index is 0.0766. The molecule has 92 valence electrons. The lowest BCUT2D eigenvalue weighted by atomic mass is 9.53. The van der Waals surface area contributed by atoms with Crippen molar-refractivity contribution in [3.05, 3.63) is 23.2 Å². The van der Waals surface area contributed by atoms with E-state index >= 15 is 0 Å². The van der Waals surface area contributed by atoms with Gasteiger partial charge in [-0.1, -0.05) is 26.8 Å². The number of carbonyl (C=O) groups is 1. The topological polar surface area (TPSA) is 21.4 Å². The van der Waals surface area contributed by atoms with Crippen molar-refractivity contribution in [2.24, 2.45) is 16.7 Å². The molecule has 0 heterocycles. The molecule has 3 atom stereocenters. The monoisotopic (exact) mass is 235 g/mol. The highest BCUT2D eigenvalue weighted by molar-refractivity contribution is 6.02. The Morgan fingerprint density at radius 3 is 2.65 bits per heavy atom. The number of allylic oxidation sites excluding steroid dienone is 2. The molecule has 0 aromatic rings. The van der Waals surface area contributed by atoms with Gasteiger partial charge in [-0.25, -0.2) is 9.24 Å². The van der Waals surface area contributed by atoms with Crippen molar-refractivity contribution in [1.82, 2.24) is 0 Å². The van der Waals surface area contributed by atoms with Crippen LogP contribution in [0.2, 0.25) is 0 Å². The van der Waals surface area contributed by atoms with Crippen molar-refractivity contribution < 1.29 is 9.18 Å². The van der Waals surface area contributed by atoms with Crippen LogP contribution in [-0.4, -0.2) is 12.0 Å². The van der Waals surface area contributed by atoms with Gasteiger partial charge in [0.2, 0.25) is 5.70 Å². The van der Waals surface area contributed by atoms with Crippen LogP contribution in [0.3, 0.4) is 0 Å². The maximum absolute atomic E-state index is 13.6. The molecule has 1 saturated carbocycles. The average Bonchev–Trinajstić information content (AvgIpc) is 2.23. The van der Waals surface area contributed by atoms with Gasteiger partial charge in [-0.2, -0.15) is 0 Å². The number of halogens is 1. The van der Waals surface area contributed by atoms with E-state index in [4.69, 9.17) is 6.57 Å². The molecular formula is C14H18FNO. The molecule has 2 aliphatic rings. The van der Waals surface area contributed by atoms with Crippen LogP contribution in [-0.2, 0) is 4.79 Å². The van der Waals surface area contributed by atoms with Crippen molar-refractivity contribution in [3.63, 3.8) is 0 Å². The molecule has 0 aromatic carbocycles. The highest BCUT2D eigenvalue weighted by atomic mass is 19.1. The molecule has 0 saturated heterocycles. The lowest BCUT2D eigenvalue weighted by Gasteiger charge is -2.51. The van der Waals surface area contributed by atoms with Crippen molar-refractivity contribution in [3.8, 4) is 0 Å². The lowest BCUT2D eigenvalue weighted by molar-refractivity contribution is -0.132. The third-order valence-electron chi connectivity index (χ3n) is 4.50. The van der Waals surface area contributed by atoms with E-state index in [1.54, 1.807) is 6.08 Å². The van der Waals surface area contributed by atoms with Crippen LogP contribution in [0.15, 0.2) is 11.8 Å². The summed E-state index contributed by atoms with van der Waals surface area (Å²) in [5.41, 5.74) is -0.679. The Bertz CT molecular complexity index is 432. The predicted octanol–water partition coefficient (Wildman–Crippen LogP) is 3.54. The summed E-state index contributed by atoms with van der Waals surface area (Å²) < 4.78 is 13.6. The first kappa shape index (κ1) is 12.3. The molecule has 0 unspecified atom stereocenters. The van der Waals surface area contributed by atoms with Crippen LogP contribution >= 0.6 is 0 Å². The van der Waals surface area contributed by atoms with Gasteiger partial charge in [-0.3, -0.25) is 0 Å². The summed E-state index contributed by atoms with van der Waals surface area (Å²) in [6, 6.07) is 0. The van der Waals surface area contributed by atoms with Gasteiger partial charge < -0.3 is 4.79 Å². The highest BCUT2D eigenvalue weighted by Crippen LogP contribution is 2.55. The van der Waals surface area contributed by atoms with Crippen molar-refractivity contribution in [2.75, 3.05) is 0 Å². The molecule has 0 radical (unpaired) electrons. The number of Topliss-reactive ketones (excluding diaryl/α,β-unsaturated/α-hetero) is 1. The molecule has 0 amide bonds. The summed E-state index contributed by atoms with van der Waals surface area (Å²) in [6.07, 6.45) is 2.64. The van der Waals surface area contributed by atoms with Gasteiger partial charge in [0, 0.05) is 5.41 Å². The standard InChI is InChI=1S/C14H18FNO/c1-13(2)11-6-5-9(15)7-14(11,3)8-10(16-4)12(13)17/h8-9,11H,5-7H2,1-3H3/t9-,11+,14+/m1/s1. The smallest absolute Gasteiger partial charge is 0.226 e. The Morgan fingerprint density at radius 1 is 1.41 bits per heavy atom. The molecule has 2 rings (SSSR count). The van der Waals surface area contributed by atoms with Gasteiger partial charge in [0.05, 0.1) is 6.57 Å². The van der Waals surface area contributed by atoms with Crippen LogP contribution in [0.5, 0.6) is 0 Å². The number of alkyl halides is 1. The number of ketones is 1. The molecule has 1 fully saturated rings. The zero-order chi connectivity index (χ0) is 12.8. The van der Waals surface area contributed by atoms with Crippen molar-refractivity contribution >= 4 is 5.78 Å². The maximum atomic E-state index is 13.6. The maximum Gasteiger partial charge on any atom is 0.226 e. The van der Waals surface area contributed by atoms with E-state index in [1.165, 1.54) is 0 Å². The summed E-state index contributed by atoms with van der Waals surface area (Å²) in [5, 5.41) is 0. The Balaban J connectivity index is 2.51. The van der Waals surface area contributed by atoms with Gasteiger partial charge in [-0.15, -0.1) is 0 Å². The Labute approximate surface area is 102 Å². The molecule has 0 N–H and O–H groups in total. The zero-order valence-corrected chi connectivity index (χ0v) is 10.6. The third-order valence-corrected chi connectivity index (χ3v) is 4.50. The second-order valence-corrected chi connectivity index (χ2v) is 6.13. The molecule has 0 aliphatic heterocycles. The molecular weight excluding hydrogens is 217 g/mol. The molecule has 0 aromatic heterocycles. The summed E-state index contributed by atoms with van der Waals surface area (Å²) in [6.45, 7) is 12.9. The van der Waals surface area contributed by atoms with Gasteiger partial charge >= 0.3 is 0 Å². The molecule has 0 bridgehead atoms. The van der Waals surface area contributed by atoms with Crippen LogP contribution < -0.4 is 0 Å². The van der Waals surface area contributed by atoms with Gasteiger partial charge in [-0.05, 0) is 30.6 Å². The van der Waals surface area contributed by atoms with Gasteiger partial charge in [0.15, 0.2) is 5.78 Å². The number of carbonyl (C=O) groups excluding carboxylic acids is 1. The van der Waals surface area contributed by atoms with Gasteiger partial charge in [0.1, 0.15) is 6.17 Å². The largest absolute Gasteiger partial charge is 0.307 e. The Hall–Kier alpha value is -1.17. The highest BCUT2D eigenvalue weighted by Gasteiger charge is 2.53. The van der Waals surface area contributed by atoms with Crippen LogP contribution in [0, 0.1) is 23.3 Å². The first-order valence-electron chi connectivity index (χ1n) is 6.10.